The molecule has 84 valence electrons. The summed E-state index contributed by atoms with van der Waals surface area (Å²) in [4.78, 5) is 2.39. The molecule has 0 aromatic carbocycles. The third-order valence-electron chi connectivity index (χ3n) is 3.18. The monoisotopic (exact) mass is 205 g/mol. The van der Waals surface area contributed by atoms with Crippen LogP contribution in [0.2, 0.25) is 0 Å². The molecule has 1 saturated heterocycles. The van der Waals surface area contributed by atoms with E-state index in [9.17, 15) is 0 Å². The van der Waals surface area contributed by atoms with Crippen LogP contribution >= 0.6 is 0 Å². The molecule has 1 aliphatic heterocycles. The smallest absolute Gasteiger partial charge is 0.0293 e. The second-order valence-electron chi connectivity index (χ2n) is 4.53. The maximum Gasteiger partial charge on any atom is 0.0293 e. The average molecular weight is 205 g/mol. The minimum absolute atomic E-state index is 0.885. The van der Waals surface area contributed by atoms with Crippen LogP contribution in [0.15, 0.2) is 36.1 Å². The van der Waals surface area contributed by atoms with E-state index in [1.807, 2.05) is 0 Å². The molecule has 0 unspecified atom stereocenters. The van der Waals surface area contributed by atoms with Crippen LogP contribution in [0.1, 0.15) is 33.6 Å². The van der Waals surface area contributed by atoms with Gasteiger partial charge < -0.3 is 4.90 Å². The van der Waals surface area contributed by atoms with Crippen molar-refractivity contribution in [2.45, 2.75) is 33.6 Å². The molecule has 0 amide bonds. The predicted octanol–water partition coefficient (Wildman–Crippen LogP) is 3.75. The molecule has 1 heterocycles. The van der Waals surface area contributed by atoms with Crippen molar-refractivity contribution < 1.29 is 0 Å². The maximum absolute atomic E-state index is 4.12. The summed E-state index contributed by atoms with van der Waals surface area (Å²) < 4.78 is 0. The SMILES string of the molecule is C=C(/C=C\C(C)=C/C)N1CCC(C)CC1. The van der Waals surface area contributed by atoms with E-state index in [0.29, 0.717) is 0 Å². The average Bonchev–Trinajstić information content (AvgIpc) is 2.26. The molecule has 1 fully saturated rings. The first-order valence-corrected chi connectivity index (χ1v) is 5.88. The van der Waals surface area contributed by atoms with Crippen molar-refractivity contribution >= 4 is 0 Å². The van der Waals surface area contributed by atoms with Crippen LogP contribution in [-0.4, -0.2) is 18.0 Å². The maximum atomic E-state index is 4.12. The van der Waals surface area contributed by atoms with E-state index in [0.717, 1.165) is 11.6 Å². The molecule has 1 aliphatic rings. The van der Waals surface area contributed by atoms with Crippen molar-refractivity contribution in [3.05, 3.63) is 36.1 Å². The summed E-state index contributed by atoms with van der Waals surface area (Å²) in [5.41, 5.74) is 2.45. The van der Waals surface area contributed by atoms with Gasteiger partial charge in [-0.1, -0.05) is 31.2 Å². The molecular weight excluding hydrogens is 182 g/mol. The second kappa shape index (κ2) is 5.79. The summed E-state index contributed by atoms with van der Waals surface area (Å²) in [6, 6.07) is 0. The molecule has 0 aliphatic carbocycles. The third-order valence-corrected chi connectivity index (χ3v) is 3.18. The fourth-order valence-corrected chi connectivity index (χ4v) is 1.73. The van der Waals surface area contributed by atoms with Gasteiger partial charge in [0.15, 0.2) is 0 Å². The molecule has 0 bridgehead atoms. The van der Waals surface area contributed by atoms with Crippen LogP contribution in [0.4, 0.5) is 0 Å². The number of allylic oxidation sites excluding steroid dienone is 4. The van der Waals surface area contributed by atoms with Crippen LogP contribution in [0.3, 0.4) is 0 Å². The first-order valence-electron chi connectivity index (χ1n) is 5.88. The highest BCUT2D eigenvalue weighted by atomic mass is 15.1. The van der Waals surface area contributed by atoms with Crippen molar-refractivity contribution in [2.75, 3.05) is 13.1 Å². The second-order valence-corrected chi connectivity index (χ2v) is 4.53. The Bertz CT molecular complexity index is 265. The molecular formula is C14H23N. The van der Waals surface area contributed by atoms with Gasteiger partial charge in [0.25, 0.3) is 0 Å². The zero-order chi connectivity index (χ0) is 11.3. The summed E-state index contributed by atoms with van der Waals surface area (Å²) in [7, 11) is 0. The van der Waals surface area contributed by atoms with E-state index in [-0.39, 0.29) is 0 Å². The molecule has 0 saturated carbocycles. The highest BCUT2D eigenvalue weighted by molar-refractivity contribution is 5.24. The van der Waals surface area contributed by atoms with Crippen molar-refractivity contribution in [1.29, 1.82) is 0 Å². The first-order chi connectivity index (χ1) is 7.13. The highest BCUT2D eigenvalue weighted by Gasteiger charge is 2.15. The summed E-state index contributed by atoms with van der Waals surface area (Å²) in [5, 5.41) is 0. The Labute approximate surface area is 94.2 Å². The molecule has 0 aromatic heterocycles. The molecule has 1 rings (SSSR count). The minimum Gasteiger partial charge on any atom is -0.372 e. The van der Waals surface area contributed by atoms with E-state index in [4.69, 9.17) is 0 Å². The van der Waals surface area contributed by atoms with Gasteiger partial charge in [-0.15, -0.1) is 0 Å². The topological polar surface area (TPSA) is 3.24 Å². The summed E-state index contributed by atoms with van der Waals surface area (Å²) in [6.07, 6.45) is 8.98. The number of hydrogen-bond acceptors (Lipinski definition) is 1. The Kier molecular flexibility index (Phi) is 4.67. The van der Waals surface area contributed by atoms with Gasteiger partial charge in [0.05, 0.1) is 0 Å². The minimum atomic E-state index is 0.885. The molecule has 15 heavy (non-hydrogen) atoms. The Balaban J connectivity index is 2.44. The number of rotatable bonds is 3. The van der Waals surface area contributed by atoms with Gasteiger partial charge >= 0.3 is 0 Å². The van der Waals surface area contributed by atoms with E-state index >= 15 is 0 Å². The lowest BCUT2D eigenvalue weighted by Gasteiger charge is -2.32. The number of hydrogen-bond donors (Lipinski definition) is 0. The van der Waals surface area contributed by atoms with Crippen LogP contribution < -0.4 is 0 Å². The van der Waals surface area contributed by atoms with Gasteiger partial charge in [-0.3, -0.25) is 0 Å². The fraction of sp³-hybridized carbons (Fsp3) is 0.571. The van der Waals surface area contributed by atoms with Gasteiger partial charge in [0.1, 0.15) is 0 Å². The highest BCUT2D eigenvalue weighted by Crippen LogP contribution is 2.19. The van der Waals surface area contributed by atoms with Crippen molar-refractivity contribution in [3.8, 4) is 0 Å². The number of piperidine rings is 1. The fourth-order valence-electron chi connectivity index (χ4n) is 1.73. The summed E-state index contributed by atoms with van der Waals surface area (Å²) >= 11 is 0. The third kappa shape index (κ3) is 3.94. The lowest BCUT2D eigenvalue weighted by atomic mass is 9.99. The lowest BCUT2D eigenvalue weighted by Crippen LogP contribution is -2.31. The molecule has 0 N–H and O–H groups in total. The van der Waals surface area contributed by atoms with Crippen LogP contribution in [0.25, 0.3) is 0 Å². The Hall–Kier alpha value is -0.980. The van der Waals surface area contributed by atoms with E-state index < -0.39 is 0 Å². The lowest BCUT2D eigenvalue weighted by molar-refractivity contribution is 0.244. The van der Waals surface area contributed by atoms with E-state index in [2.05, 4.69) is 50.5 Å². The molecule has 0 radical (unpaired) electrons. The van der Waals surface area contributed by atoms with Gasteiger partial charge in [-0.2, -0.15) is 0 Å². The normalized spacial score (nSPS) is 19.9. The van der Waals surface area contributed by atoms with E-state index in [1.54, 1.807) is 0 Å². The molecule has 0 aromatic rings. The van der Waals surface area contributed by atoms with Crippen molar-refractivity contribution in [3.63, 3.8) is 0 Å². The zero-order valence-corrected chi connectivity index (χ0v) is 10.3. The van der Waals surface area contributed by atoms with Gasteiger partial charge in [-0.05, 0) is 38.7 Å². The quantitative estimate of drug-likeness (QED) is 0.634. The summed E-state index contributed by atoms with van der Waals surface area (Å²) in [5.74, 6) is 0.885. The van der Waals surface area contributed by atoms with Crippen LogP contribution in [0, 0.1) is 5.92 Å². The Morgan fingerprint density at radius 1 is 1.27 bits per heavy atom. The van der Waals surface area contributed by atoms with Crippen molar-refractivity contribution in [1.82, 2.24) is 4.90 Å². The van der Waals surface area contributed by atoms with E-state index in [1.165, 1.54) is 31.5 Å². The molecule has 0 spiro atoms. The predicted molar refractivity (Wildman–Crippen MR) is 67.7 cm³/mol. The standard InChI is InChI=1S/C14H23N/c1-5-12(2)6-7-14(4)15-10-8-13(3)9-11-15/h5-7,13H,4,8-11H2,1-3H3/b7-6-,12-5-. The van der Waals surface area contributed by atoms with Gasteiger partial charge in [0, 0.05) is 18.8 Å². The Morgan fingerprint density at radius 2 is 1.87 bits per heavy atom. The molecule has 1 nitrogen and oxygen atoms in total. The molecule has 0 atom stereocenters. The Morgan fingerprint density at radius 3 is 2.40 bits per heavy atom. The molecule has 1 heteroatoms. The number of likely N-dealkylation sites (tertiary alicyclic amines) is 1. The van der Waals surface area contributed by atoms with Gasteiger partial charge in [0.2, 0.25) is 0 Å². The number of nitrogens with zero attached hydrogens (tertiary/aromatic N) is 1. The first kappa shape index (κ1) is 12.1. The summed E-state index contributed by atoms with van der Waals surface area (Å²) in [6.45, 7) is 13.0. The van der Waals surface area contributed by atoms with Crippen LogP contribution in [-0.2, 0) is 0 Å². The largest absolute Gasteiger partial charge is 0.372 e. The zero-order valence-electron chi connectivity index (χ0n) is 10.3. The van der Waals surface area contributed by atoms with Crippen LogP contribution in [0.5, 0.6) is 0 Å². The van der Waals surface area contributed by atoms with Gasteiger partial charge in [-0.25, -0.2) is 0 Å². The van der Waals surface area contributed by atoms with Crippen molar-refractivity contribution in [2.24, 2.45) is 5.92 Å².